The molecule has 0 unspecified atom stereocenters. The third-order valence-electron chi connectivity index (χ3n) is 3.76. The summed E-state index contributed by atoms with van der Waals surface area (Å²) >= 11 is 0. The molecule has 0 aliphatic rings. The molecule has 2 rings (SSSR count). The lowest BCUT2D eigenvalue weighted by Crippen LogP contribution is -1.91. The summed E-state index contributed by atoms with van der Waals surface area (Å²) in [6, 6.07) is 10.6. The van der Waals surface area contributed by atoms with Crippen LogP contribution in [0.1, 0.15) is 16.7 Å². The molecule has 2 aromatic rings. The molecule has 0 spiro atoms. The highest BCUT2D eigenvalue weighted by Crippen LogP contribution is 2.28. The zero-order valence-corrected chi connectivity index (χ0v) is 14.9. The van der Waals surface area contributed by atoms with Gasteiger partial charge in [0.2, 0.25) is 0 Å². The van der Waals surface area contributed by atoms with Crippen LogP contribution in [-0.2, 0) is 11.2 Å². The normalized spacial score (nSPS) is 11.0. The average molecular weight is 350 g/mol. The van der Waals surface area contributed by atoms with Gasteiger partial charge in [-0.05, 0) is 59.5 Å². The number of hydrogen-bond acceptors (Lipinski definition) is 4. The van der Waals surface area contributed by atoms with E-state index < -0.39 is 0 Å². The maximum Gasteiger partial charge on any atom is 0.178 e. The SMILES string of the molecule is C=CCc1cc(/C=C/C(=O)/C=C/c2ccc(OC)c(OC)c2)ccc1O. The summed E-state index contributed by atoms with van der Waals surface area (Å²) in [6.07, 6.45) is 8.70. The number of allylic oxidation sites excluding steroid dienone is 3. The molecule has 2 aromatic carbocycles. The topological polar surface area (TPSA) is 55.8 Å². The second kappa shape index (κ2) is 9.28. The molecule has 0 bridgehead atoms. The van der Waals surface area contributed by atoms with Crippen molar-refractivity contribution in [2.45, 2.75) is 6.42 Å². The van der Waals surface area contributed by atoms with E-state index in [2.05, 4.69) is 6.58 Å². The summed E-state index contributed by atoms with van der Waals surface area (Å²) in [6.45, 7) is 3.67. The minimum absolute atomic E-state index is 0.141. The first-order valence-corrected chi connectivity index (χ1v) is 8.12. The van der Waals surface area contributed by atoms with E-state index in [4.69, 9.17) is 9.47 Å². The smallest absolute Gasteiger partial charge is 0.178 e. The standard InChI is InChI=1S/C22H22O4/c1-4-5-18-14-16(8-12-20(18)24)6-10-19(23)11-7-17-9-13-21(25-2)22(15-17)26-3/h4,6-15,24H,1,5H2,2-3H3/b10-6+,11-7+. The summed E-state index contributed by atoms with van der Waals surface area (Å²) in [5, 5.41) is 9.76. The van der Waals surface area contributed by atoms with E-state index in [0.29, 0.717) is 17.9 Å². The summed E-state index contributed by atoms with van der Waals surface area (Å²) in [5.41, 5.74) is 2.45. The van der Waals surface area contributed by atoms with E-state index in [1.54, 1.807) is 56.7 Å². The maximum absolute atomic E-state index is 12.0. The molecule has 0 atom stereocenters. The number of ether oxygens (including phenoxy) is 2. The van der Waals surface area contributed by atoms with Gasteiger partial charge in [-0.15, -0.1) is 6.58 Å². The van der Waals surface area contributed by atoms with Crippen molar-refractivity contribution in [3.8, 4) is 17.2 Å². The minimum Gasteiger partial charge on any atom is -0.508 e. The molecule has 0 aliphatic heterocycles. The van der Waals surface area contributed by atoms with E-state index in [1.807, 2.05) is 12.1 Å². The van der Waals surface area contributed by atoms with Crippen molar-refractivity contribution in [2.75, 3.05) is 14.2 Å². The van der Waals surface area contributed by atoms with Crippen LogP contribution >= 0.6 is 0 Å². The molecule has 0 amide bonds. The fraction of sp³-hybridized carbons (Fsp3) is 0.136. The molecule has 0 fully saturated rings. The number of phenolic OH excluding ortho intramolecular Hbond substituents is 1. The van der Waals surface area contributed by atoms with Crippen LogP contribution in [0.3, 0.4) is 0 Å². The second-order valence-corrected chi connectivity index (χ2v) is 5.56. The number of aromatic hydroxyl groups is 1. The van der Waals surface area contributed by atoms with Crippen LogP contribution in [0.4, 0.5) is 0 Å². The zero-order chi connectivity index (χ0) is 18.9. The second-order valence-electron chi connectivity index (χ2n) is 5.56. The van der Waals surface area contributed by atoms with E-state index >= 15 is 0 Å². The van der Waals surface area contributed by atoms with Crippen molar-refractivity contribution in [1.29, 1.82) is 0 Å². The van der Waals surface area contributed by atoms with Crippen LogP contribution in [0.15, 0.2) is 61.2 Å². The summed E-state index contributed by atoms with van der Waals surface area (Å²) in [4.78, 5) is 12.0. The molecule has 0 saturated carbocycles. The highest BCUT2D eigenvalue weighted by atomic mass is 16.5. The third-order valence-corrected chi connectivity index (χ3v) is 3.76. The van der Waals surface area contributed by atoms with Crippen LogP contribution < -0.4 is 9.47 Å². The van der Waals surface area contributed by atoms with E-state index in [1.165, 1.54) is 12.2 Å². The Morgan fingerprint density at radius 1 is 1.00 bits per heavy atom. The van der Waals surface area contributed by atoms with Gasteiger partial charge in [-0.3, -0.25) is 4.79 Å². The van der Waals surface area contributed by atoms with Gasteiger partial charge in [-0.25, -0.2) is 0 Å². The summed E-state index contributed by atoms with van der Waals surface area (Å²) < 4.78 is 10.4. The molecule has 4 heteroatoms. The molecule has 0 aromatic heterocycles. The van der Waals surface area contributed by atoms with Gasteiger partial charge in [0, 0.05) is 0 Å². The molecule has 4 nitrogen and oxygen atoms in total. The van der Waals surface area contributed by atoms with Crippen LogP contribution in [-0.4, -0.2) is 25.1 Å². The van der Waals surface area contributed by atoms with Crippen LogP contribution in [0, 0.1) is 0 Å². The highest BCUT2D eigenvalue weighted by molar-refractivity contribution is 6.04. The molecular formula is C22H22O4. The molecule has 0 saturated heterocycles. The number of rotatable bonds is 8. The van der Waals surface area contributed by atoms with Gasteiger partial charge in [-0.1, -0.05) is 30.4 Å². The first-order chi connectivity index (χ1) is 12.6. The van der Waals surface area contributed by atoms with Crippen molar-refractivity contribution < 1.29 is 19.4 Å². The van der Waals surface area contributed by atoms with Gasteiger partial charge in [0.25, 0.3) is 0 Å². The van der Waals surface area contributed by atoms with Crippen LogP contribution in [0.2, 0.25) is 0 Å². The van der Waals surface area contributed by atoms with Gasteiger partial charge >= 0.3 is 0 Å². The fourth-order valence-corrected chi connectivity index (χ4v) is 2.40. The number of benzene rings is 2. The Bertz CT molecular complexity index is 847. The van der Waals surface area contributed by atoms with Crippen molar-refractivity contribution >= 4 is 17.9 Å². The van der Waals surface area contributed by atoms with Gasteiger partial charge in [-0.2, -0.15) is 0 Å². The van der Waals surface area contributed by atoms with E-state index in [9.17, 15) is 9.90 Å². The molecule has 0 heterocycles. The van der Waals surface area contributed by atoms with E-state index in [0.717, 1.165) is 16.7 Å². The highest BCUT2D eigenvalue weighted by Gasteiger charge is 2.03. The number of phenols is 1. The Hall–Kier alpha value is -3.27. The Labute approximate surface area is 153 Å². The van der Waals surface area contributed by atoms with Gasteiger partial charge in [0.1, 0.15) is 5.75 Å². The largest absolute Gasteiger partial charge is 0.508 e. The lowest BCUT2D eigenvalue weighted by molar-refractivity contribution is -0.110. The quantitative estimate of drug-likeness (QED) is 0.565. The van der Waals surface area contributed by atoms with Crippen LogP contribution in [0.25, 0.3) is 12.2 Å². The third kappa shape index (κ3) is 5.11. The van der Waals surface area contributed by atoms with Crippen molar-refractivity contribution in [2.24, 2.45) is 0 Å². The molecule has 0 aliphatic carbocycles. The molecular weight excluding hydrogens is 328 g/mol. The van der Waals surface area contributed by atoms with Crippen molar-refractivity contribution in [3.05, 3.63) is 77.9 Å². The number of ketones is 1. The average Bonchev–Trinajstić information content (AvgIpc) is 2.66. The number of carbonyl (C=O) groups is 1. The lowest BCUT2D eigenvalue weighted by Gasteiger charge is -2.07. The molecule has 134 valence electrons. The summed E-state index contributed by atoms with van der Waals surface area (Å²) in [5.74, 6) is 1.33. The number of hydrogen-bond donors (Lipinski definition) is 1. The Kier molecular flexibility index (Phi) is 6.80. The molecule has 0 radical (unpaired) electrons. The minimum atomic E-state index is -0.141. The van der Waals surface area contributed by atoms with Gasteiger partial charge in [0.15, 0.2) is 17.3 Å². The number of methoxy groups -OCH3 is 2. The fourth-order valence-electron chi connectivity index (χ4n) is 2.40. The Morgan fingerprint density at radius 3 is 2.23 bits per heavy atom. The first-order valence-electron chi connectivity index (χ1n) is 8.12. The monoisotopic (exact) mass is 350 g/mol. The van der Waals surface area contributed by atoms with Crippen LogP contribution in [0.5, 0.6) is 17.2 Å². The molecule has 26 heavy (non-hydrogen) atoms. The zero-order valence-electron chi connectivity index (χ0n) is 14.9. The van der Waals surface area contributed by atoms with Gasteiger partial charge < -0.3 is 14.6 Å². The predicted octanol–water partition coefficient (Wildman–Crippen LogP) is 4.43. The number of carbonyl (C=O) groups excluding carboxylic acids is 1. The lowest BCUT2D eigenvalue weighted by atomic mass is 10.1. The maximum atomic E-state index is 12.0. The Balaban J connectivity index is 2.08. The molecule has 1 N–H and O–H groups in total. The van der Waals surface area contributed by atoms with Crippen molar-refractivity contribution in [3.63, 3.8) is 0 Å². The van der Waals surface area contributed by atoms with Crippen molar-refractivity contribution in [1.82, 2.24) is 0 Å². The van der Waals surface area contributed by atoms with Gasteiger partial charge in [0.05, 0.1) is 14.2 Å². The predicted molar refractivity (Wildman–Crippen MR) is 105 cm³/mol. The summed E-state index contributed by atoms with van der Waals surface area (Å²) in [7, 11) is 3.14. The first kappa shape index (κ1) is 19.1. The Morgan fingerprint density at radius 2 is 1.62 bits per heavy atom. The van der Waals surface area contributed by atoms with E-state index in [-0.39, 0.29) is 11.5 Å².